The van der Waals surface area contributed by atoms with E-state index >= 15 is 0 Å². The van der Waals surface area contributed by atoms with Gasteiger partial charge < -0.3 is 15.6 Å². The minimum atomic E-state index is -0.957. The number of rotatable bonds is 8. The van der Waals surface area contributed by atoms with E-state index in [4.69, 9.17) is 38.8 Å². The van der Waals surface area contributed by atoms with Gasteiger partial charge in [0.25, 0.3) is 0 Å². The fourth-order valence-corrected chi connectivity index (χ4v) is 5.37. The van der Waals surface area contributed by atoms with Crippen molar-refractivity contribution in [1.29, 1.82) is 0 Å². The zero-order valence-corrected chi connectivity index (χ0v) is 21.9. The first-order valence-electron chi connectivity index (χ1n) is 11.1. The lowest BCUT2D eigenvalue weighted by Crippen LogP contribution is -2.21. The number of carbonyl (C=O) groups excluding carboxylic acids is 1. The van der Waals surface area contributed by atoms with E-state index in [0.717, 1.165) is 20.5 Å². The molecule has 3 N–H and O–H groups in total. The Kier molecular flexibility index (Phi) is 7.69. The van der Waals surface area contributed by atoms with E-state index in [-0.39, 0.29) is 29.6 Å². The molecule has 3 aromatic carbocycles. The summed E-state index contributed by atoms with van der Waals surface area (Å²) in [5, 5.41) is 10.8. The van der Waals surface area contributed by atoms with Crippen LogP contribution in [0.3, 0.4) is 0 Å². The van der Waals surface area contributed by atoms with Crippen molar-refractivity contribution < 1.29 is 19.4 Å². The van der Waals surface area contributed by atoms with Crippen molar-refractivity contribution in [2.75, 3.05) is 6.61 Å². The predicted molar refractivity (Wildman–Crippen MR) is 147 cm³/mol. The van der Waals surface area contributed by atoms with Crippen LogP contribution in [0.25, 0.3) is 26.2 Å². The average Bonchev–Trinajstić information content (AvgIpc) is 3.27. The number of Topliss-reactive ketones (excluding diaryl/α,β-unsaturated/α-hetero) is 1. The third kappa shape index (κ3) is 5.41. The molecule has 0 saturated carbocycles. The molecule has 0 spiro atoms. The molecular formula is C28H23Cl2NO4S. The van der Waals surface area contributed by atoms with Gasteiger partial charge in [0.05, 0.1) is 26.9 Å². The van der Waals surface area contributed by atoms with E-state index < -0.39 is 5.97 Å². The molecule has 1 heterocycles. The largest absolute Gasteiger partial charge is 0.489 e. The molecule has 184 valence electrons. The number of ketones is 1. The lowest BCUT2D eigenvalue weighted by molar-refractivity contribution is -0.118. The highest BCUT2D eigenvalue weighted by Crippen LogP contribution is 2.36. The number of hydrogen-bond acceptors (Lipinski definition) is 5. The van der Waals surface area contributed by atoms with E-state index in [1.807, 2.05) is 24.3 Å². The van der Waals surface area contributed by atoms with Gasteiger partial charge in [-0.3, -0.25) is 4.79 Å². The maximum absolute atomic E-state index is 13.0. The fourth-order valence-electron chi connectivity index (χ4n) is 3.72. The number of benzene rings is 3. The highest BCUT2D eigenvalue weighted by atomic mass is 35.5. The number of thiophene rings is 1. The topological polar surface area (TPSA) is 89.6 Å². The molecule has 0 aliphatic carbocycles. The van der Waals surface area contributed by atoms with Crippen molar-refractivity contribution in [2.45, 2.75) is 13.8 Å². The van der Waals surface area contributed by atoms with Crippen LogP contribution in [0.1, 0.15) is 29.8 Å². The van der Waals surface area contributed by atoms with Crippen molar-refractivity contribution >= 4 is 62.1 Å². The first kappa shape index (κ1) is 25.8. The number of carboxylic acid groups (broad SMARTS) is 1. The number of carbonyl (C=O) groups is 2. The molecule has 0 saturated heterocycles. The van der Waals surface area contributed by atoms with Gasteiger partial charge in [0.1, 0.15) is 12.4 Å². The Balaban J connectivity index is 1.62. The predicted octanol–water partition coefficient (Wildman–Crippen LogP) is 7.55. The molecular weight excluding hydrogens is 517 g/mol. The Hall–Kier alpha value is -3.32. The molecule has 4 aromatic rings. The minimum absolute atomic E-state index is 0.0381. The van der Waals surface area contributed by atoms with E-state index in [0.29, 0.717) is 26.9 Å². The summed E-state index contributed by atoms with van der Waals surface area (Å²) >= 11 is 14.3. The second-order valence-electron chi connectivity index (χ2n) is 8.49. The maximum Gasteiger partial charge on any atom is 0.335 e. The lowest BCUT2D eigenvalue weighted by Gasteiger charge is -2.16. The molecule has 0 radical (unpaired) electrons. The summed E-state index contributed by atoms with van der Waals surface area (Å²) in [6.07, 6.45) is 0. The van der Waals surface area contributed by atoms with Crippen molar-refractivity contribution in [3.63, 3.8) is 0 Å². The molecule has 0 amide bonds. The summed E-state index contributed by atoms with van der Waals surface area (Å²) in [5.41, 5.74) is 8.51. The van der Waals surface area contributed by atoms with Gasteiger partial charge in [-0.05, 0) is 59.5 Å². The second-order valence-corrected chi connectivity index (χ2v) is 10.4. The second kappa shape index (κ2) is 10.7. The zero-order valence-electron chi connectivity index (χ0n) is 19.5. The molecule has 4 rings (SSSR count). The third-order valence-corrected chi connectivity index (χ3v) is 7.46. The van der Waals surface area contributed by atoms with Crippen LogP contribution in [-0.4, -0.2) is 23.5 Å². The standard InChI is InChI=1S/C28H23Cl2NO4S/c1-15(2)27(32)20(26(31)25-21(29)4-3-5-22(25)30)14-35-19-10-11-23-18(12-19)13-24(36-23)16-6-8-17(9-7-16)28(33)34/h3-13,15H,14,31H2,1-2H3,(H,33,34)/b26-20-. The molecule has 0 bridgehead atoms. The fraction of sp³-hybridized carbons (Fsp3) is 0.143. The smallest absolute Gasteiger partial charge is 0.335 e. The van der Waals surface area contributed by atoms with Crippen LogP contribution in [0.5, 0.6) is 5.75 Å². The summed E-state index contributed by atoms with van der Waals surface area (Å²) in [7, 11) is 0. The average molecular weight is 540 g/mol. The van der Waals surface area contributed by atoms with Gasteiger partial charge in [-0.2, -0.15) is 0 Å². The normalized spacial score (nSPS) is 12.0. The molecule has 0 aliphatic heterocycles. The molecule has 8 heteroatoms. The SMILES string of the molecule is CC(C)C(=O)/C(COc1ccc2sc(-c3ccc(C(=O)O)cc3)cc2c1)=C(\N)c1c(Cl)cccc1Cl. The van der Waals surface area contributed by atoms with Gasteiger partial charge in [-0.15, -0.1) is 11.3 Å². The number of aromatic carboxylic acids is 1. The van der Waals surface area contributed by atoms with E-state index in [1.54, 1.807) is 67.6 Å². The van der Waals surface area contributed by atoms with Gasteiger partial charge in [-0.1, -0.05) is 55.2 Å². The number of nitrogens with two attached hydrogens (primary N) is 1. The zero-order chi connectivity index (χ0) is 26.0. The first-order chi connectivity index (χ1) is 17.2. The van der Waals surface area contributed by atoms with Crippen LogP contribution in [-0.2, 0) is 4.79 Å². The number of hydrogen-bond donors (Lipinski definition) is 2. The van der Waals surface area contributed by atoms with Gasteiger partial charge in [0.2, 0.25) is 0 Å². The highest BCUT2D eigenvalue weighted by molar-refractivity contribution is 7.22. The van der Waals surface area contributed by atoms with Crippen LogP contribution in [0.4, 0.5) is 0 Å². The lowest BCUT2D eigenvalue weighted by atomic mass is 9.97. The number of carboxylic acids is 1. The Morgan fingerprint density at radius 2 is 1.67 bits per heavy atom. The summed E-state index contributed by atoms with van der Waals surface area (Å²) < 4.78 is 7.07. The Labute approximate surface area is 222 Å². The Morgan fingerprint density at radius 3 is 2.28 bits per heavy atom. The molecule has 36 heavy (non-hydrogen) atoms. The Bertz CT molecular complexity index is 1470. The molecule has 0 fully saturated rings. The van der Waals surface area contributed by atoms with Crippen LogP contribution in [0.2, 0.25) is 10.0 Å². The van der Waals surface area contributed by atoms with Crippen LogP contribution < -0.4 is 10.5 Å². The van der Waals surface area contributed by atoms with Crippen LogP contribution in [0, 0.1) is 5.92 Å². The molecule has 0 aliphatic rings. The van der Waals surface area contributed by atoms with Crippen molar-refractivity contribution in [1.82, 2.24) is 0 Å². The van der Waals surface area contributed by atoms with Crippen molar-refractivity contribution in [3.05, 3.63) is 93.5 Å². The van der Waals surface area contributed by atoms with Gasteiger partial charge in [-0.25, -0.2) is 4.79 Å². The molecule has 0 atom stereocenters. The van der Waals surface area contributed by atoms with Crippen molar-refractivity contribution in [3.8, 4) is 16.2 Å². The molecule has 5 nitrogen and oxygen atoms in total. The van der Waals surface area contributed by atoms with Gasteiger partial charge >= 0.3 is 5.97 Å². The van der Waals surface area contributed by atoms with Crippen molar-refractivity contribution in [2.24, 2.45) is 11.7 Å². The van der Waals surface area contributed by atoms with E-state index in [1.165, 1.54) is 0 Å². The van der Waals surface area contributed by atoms with E-state index in [9.17, 15) is 9.59 Å². The van der Waals surface area contributed by atoms with E-state index in [2.05, 4.69) is 0 Å². The maximum atomic E-state index is 13.0. The van der Waals surface area contributed by atoms with Crippen LogP contribution >= 0.6 is 34.5 Å². The van der Waals surface area contributed by atoms with Gasteiger partial charge in [0, 0.05) is 21.1 Å². The molecule has 0 unspecified atom stereocenters. The third-order valence-electron chi connectivity index (χ3n) is 5.67. The Morgan fingerprint density at radius 1 is 1.00 bits per heavy atom. The minimum Gasteiger partial charge on any atom is -0.489 e. The number of fused-ring (bicyclic) bond motifs is 1. The molecule has 1 aromatic heterocycles. The first-order valence-corrected chi connectivity index (χ1v) is 12.7. The quantitative estimate of drug-likeness (QED) is 0.225. The number of ether oxygens (including phenoxy) is 1. The monoisotopic (exact) mass is 539 g/mol. The summed E-state index contributed by atoms with van der Waals surface area (Å²) in [6, 6.07) is 19.5. The summed E-state index contributed by atoms with van der Waals surface area (Å²) in [5.74, 6) is -0.813. The summed E-state index contributed by atoms with van der Waals surface area (Å²) in [6.45, 7) is 3.56. The summed E-state index contributed by atoms with van der Waals surface area (Å²) in [4.78, 5) is 25.1. The number of halogens is 2. The van der Waals surface area contributed by atoms with Gasteiger partial charge in [0.15, 0.2) is 5.78 Å². The highest BCUT2D eigenvalue weighted by Gasteiger charge is 2.22. The van der Waals surface area contributed by atoms with Crippen LogP contribution in [0.15, 0.2) is 72.3 Å².